The third-order valence-corrected chi connectivity index (χ3v) is 4.24. The molecular formula is C21H20O8. The van der Waals surface area contributed by atoms with E-state index in [1.54, 1.807) is 48.5 Å². The molecule has 0 radical (unpaired) electrons. The molecule has 8 nitrogen and oxygen atoms in total. The molecule has 2 aromatic rings. The molecule has 2 atom stereocenters. The topological polar surface area (TPSA) is 96.1 Å². The van der Waals surface area contributed by atoms with E-state index in [1.807, 2.05) is 0 Å². The molecule has 0 N–H and O–H groups in total. The summed E-state index contributed by atoms with van der Waals surface area (Å²) in [6, 6.07) is 13.0. The van der Waals surface area contributed by atoms with E-state index in [4.69, 9.17) is 28.4 Å². The fourth-order valence-corrected chi connectivity index (χ4v) is 2.38. The van der Waals surface area contributed by atoms with Crippen LogP contribution in [0.15, 0.2) is 48.5 Å². The molecule has 0 bridgehead atoms. The zero-order valence-corrected chi connectivity index (χ0v) is 15.6. The molecule has 2 unspecified atom stereocenters. The van der Waals surface area contributed by atoms with Gasteiger partial charge in [-0.05, 0) is 48.5 Å². The van der Waals surface area contributed by atoms with E-state index in [0.717, 1.165) is 13.2 Å². The zero-order chi connectivity index (χ0) is 20.1. The van der Waals surface area contributed by atoms with E-state index in [2.05, 4.69) is 0 Å². The highest BCUT2D eigenvalue weighted by atomic mass is 16.7. The van der Waals surface area contributed by atoms with Crippen molar-refractivity contribution in [1.82, 2.24) is 0 Å². The quantitative estimate of drug-likeness (QED) is 0.340. The number of hydrogen-bond acceptors (Lipinski definition) is 8. The van der Waals surface area contributed by atoms with Gasteiger partial charge in [0.15, 0.2) is 0 Å². The molecule has 2 aliphatic heterocycles. The normalized spacial score (nSPS) is 19.2. The molecule has 8 heteroatoms. The molecule has 152 valence electrons. The number of ether oxygens (including phenoxy) is 6. The monoisotopic (exact) mass is 400 g/mol. The van der Waals surface area contributed by atoms with Crippen molar-refractivity contribution in [2.45, 2.75) is 12.2 Å². The maximum absolute atomic E-state index is 12.0. The molecule has 0 spiro atoms. The van der Waals surface area contributed by atoms with E-state index in [-0.39, 0.29) is 12.2 Å². The van der Waals surface area contributed by atoms with E-state index >= 15 is 0 Å². The van der Waals surface area contributed by atoms with Gasteiger partial charge in [0, 0.05) is 0 Å². The number of esters is 2. The van der Waals surface area contributed by atoms with E-state index in [9.17, 15) is 9.59 Å². The number of carbonyl (C=O) groups excluding carboxylic acids is 2. The zero-order valence-electron chi connectivity index (χ0n) is 15.6. The highest BCUT2D eigenvalue weighted by Gasteiger charge is 2.23. The SMILES string of the molecule is O=C(OCOC(=O)c1ccc(OCC2CO2)cc1)c1ccc(OCC2CO2)cc1. The Balaban J connectivity index is 1.18. The van der Waals surface area contributed by atoms with Gasteiger partial charge in [-0.2, -0.15) is 0 Å². The minimum Gasteiger partial charge on any atom is -0.491 e. The van der Waals surface area contributed by atoms with Crippen molar-refractivity contribution in [3.05, 3.63) is 59.7 Å². The number of hydrogen-bond donors (Lipinski definition) is 0. The average Bonchev–Trinajstić information content (AvgIpc) is 3.66. The van der Waals surface area contributed by atoms with Crippen molar-refractivity contribution in [2.24, 2.45) is 0 Å². The van der Waals surface area contributed by atoms with Crippen LogP contribution in [0.4, 0.5) is 0 Å². The summed E-state index contributed by atoms with van der Waals surface area (Å²) in [6.07, 6.45) is 0.325. The molecule has 2 heterocycles. The lowest BCUT2D eigenvalue weighted by Gasteiger charge is -2.08. The second-order valence-electron chi connectivity index (χ2n) is 6.56. The Morgan fingerprint density at radius 3 is 1.45 bits per heavy atom. The fourth-order valence-electron chi connectivity index (χ4n) is 2.38. The van der Waals surface area contributed by atoms with Crippen molar-refractivity contribution in [2.75, 3.05) is 33.2 Å². The summed E-state index contributed by atoms with van der Waals surface area (Å²) in [5.74, 6) is 0.0861. The van der Waals surface area contributed by atoms with Gasteiger partial charge < -0.3 is 28.4 Å². The van der Waals surface area contributed by atoms with Gasteiger partial charge in [0.05, 0.1) is 24.3 Å². The second kappa shape index (κ2) is 8.93. The number of carbonyl (C=O) groups is 2. The van der Waals surface area contributed by atoms with Gasteiger partial charge in [0.2, 0.25) is 6.79 Å². The molecule has 2 aliphatic rings. The summed E-state index contributed by atoms with van der Waals surface area (Å²) in [5, 5.41) is 0. The molecule has 2 saturated heterocycles. The summed E-state index contributed by atoms with van der Waals surface area (Å²) in [7, 11) is 0. The second-order valence-corrected chi connectivity index (χ2v) is 6.56. The largest absolute Gasteiger partial charge is 0.491 e. The summed E-state index contributed by atoms with van der Waals surface area (Å²) >= 11 is 0. The Morgan fingerprint density at radius 1 is 0.724 bits per heavy atom. The van der Waals surface area contributed by atoms with Crippen LogP contribution in [0.25, 0.3) is 0 Å². The van der Waals surface area contributed by atoms with Crippen molar-refractivity contribution in [3.63, 3.8) is 0 Å². The first-order valence-electron chi connectivity index (χ1n) is 9.20. The summed E-state index contributed by atoms with van der Waals surface area (Å²) < 4.78 is 31.1. The first-order chi connectivity index (χ1) is 14.2. The Kier molecular flexibility index (Phi) is 5.92. The average molecular weight is 400 g/mol. The Morgan fingerprint density at radius 2 is 1.10 bits per heavy atom. The lowest BCUT2D eigenvalue weighted by atomic mass is 10.2. The third kappa shape index (κ3) is 5.94. The Hall–Kier alpha value is -3.10. The standard InChI is InChI=1S/C21H20O8/c22-20(14-1-5-16(6-2-14)24-9-18-11-26-18)28-13-29-21(23)15-3-7-17(8-4-15)25-10-19-12-27-19/h1-8,18-19H,9-13H2. The van der Waals surface area contributed by atoms with Gasteiger partial charge >= 0.3 is 11.9 Å². The number of rotatable bonds is 10. The molecule has 0 aromatic heterocycles. The highest BCUT2D eigenvalue weighted by molar-refractivity contribution is 5.90. The molecule has 2 aromatic carbocycles. The van der Waals surface area contributed by atoms with Gasteiger partial charge in [-0.15, -0.1) is 0 Å². The van der Waals surface area contributed by atoms with Crippen LogP contribution in [0, 0.1) is 0 Å². The van der Waals surface area contributed by atoms with E-state index in [0.29, 0.717) is 35.8 Å². The third-order valence-electron chi connectivity index (χ3n) is 4.24. The summed E-state index contributed by atoms with van der Waals surface area (Å²) in [4.78, 5) is 24.1. The molecular weight excluding hydrogens is 380 g/mol. The Labute approximate surface area is 167 Å². The van der Waals surface area contributed by atoms with Crippen LogP contribution < -0.4 is 9.47 Å². The van der Waals surface area contributed by atoms with Crippen LogP contribution in [-0.4, -0.2) is 57.4 Å². The van der Waals surface area contributed by atoms with Gasteiger partial charge in [-0.1, -0.05) is 0 Å². The van der Waals surface area contributed by atoms with Crippen LogP contribution in [-0.2, 0) is 18.9 Å². The predicted molar refractivity (Wildman–Crippen MR) is 99.1 cm³/mol. The molecule has 0 saturated carbocycles. The van der Waals surface area contributed by atoms with Crippen LogP contribution in [0.1, 0.15) is 20.7 Å². The molecule has 29 heavy (non-hydrogen) atoms. The lowest BCUT2D eigenvalue weighted by molar-refractivity contribution is -0.0167. The first kappa shape index (κ1) is 19.2. The van der Waals surface area contributed by atoms with Crippen LogP contribution in [0.3, 0.4) is 0 Å². The van der Waals surface area contributed by atoms with E-state index < -0.39 is 18.7 Å². The maximum Gasteiger partial charge on any atom is 0.341 e. The molecule has 0 aliphatic carbocycles. The van der Waals surface area contributed by atoms with Gasteiger partial charge in [0.1, 0.15) is 36.9 Å². The van der Waals surface area contributed by atoms with Crippen LogP contribution in [0.5, 0.6) is 11.5 Å². The summed E-state index contributed by atoms with van der Waals surface area (Å²) in [5.41, 5.74) is 0.662. The van der Waals surface area contributed by atoms with Gasteiger partial charge in [-0.3, -0.25) is 0 Å². The lowest BCUT2D eigenvalue weighted by Crippen LogP contribution is -2.13. The maximum atomic E-state index is 12.0. The molecule has 0 amide bonds. The highest BCUT2D eigenvalue weighted by Crippen LogP contribution is 2.17. The van der Waals surface area contributed by atoms with Crippen molar-refractivity contribution < 1.29 is 38.0 Å². The van der Waals surface area contributed by atoms with Crippen molar-refractivity contribution in [1.29, 1.82) is 0 Å². The fraction of sp³-hybridized carbons (Fsp3) is 0.333. The number of benzene rings is 2. The predicted octanol–water partition coefficient (Wildman–Crippen LogP) is 2.21. The first-order valence-corrected chi connectivity index (χ1v) is 9.20. The van der Waals surface area contributed by atoms with Crippen molar-refractivity contribution in [3.8, 4) is 11.5 Å². The van der Waals surface area contributed by atoms with Gasteiger partial charge in [0.25, 0.3) is 0 Å². The van der Waals surface area contributed by atoms with E-state index in [1.165, 1.54) is 0 Å². The van der Waals surface area contributed by atoms with Gasteiger partial charge in [-0.25, -0.2) is 9.59 Å². The van der Waals surface area contributed by atoms with Crippen LogP contribution in [0.2, 0.25) is 0 Å². The minimum atomic E-state index is -0.596. The smallest absolute Gasteiger partial charge is 0.341 e. The number of epoxide rings is 2. The molecule has 4 rings (SSSR count). The minimum absolute atomic E-state index is 0.162. The summed E-state index contributed by atoms with van der Waals surface area (Å²) in [6.45, 7) is 1.93. The van der Waals surface area contributed by atoms with Crippen molar-refractivity contribution >= 4 is 11.9 Å². The van der Waals surface area contributed by atoms with Crippen LogP contribution >= 0.6 is 0 Å². The molecule has 2 fully saturated rings. The Bertz CT molecular complexity index is 766.